The van der Waals surface area contributed by atoms with E-state index in [1.54, 1.807) is 48.2 Å². The van der Waals surface area contributed by atoms with Crippen molar-refractivity contribution in [1.29, 1.82) is 0 Å². The first-order valence-corrected chi connectivity index (χ1v) is 10.2. The molecule has 0 aliphatic heterocycles. The number of halogens is 1. The molecule has 1 aromatic heterocycles. The van der Waals surface area contributed by atoms with E-state index in [4.69, 9.17) is 16.3 Å². The molecule has 2 rings (SSSR count). The van der Waals surface area contributed by atoms with Crippen LogP contribution in [-0.4, -0.2) is 47.4 Å². The van der Waals surface area contributed by atoms with Crippen molar-refractivity contribution in [2.45, 2.75) is 12.5 Å². The van der Waals surface area contributed by atoms with E-state index in [0.29, 0.717) is 28.6 Å². The highest BCUT2D eigenvalue weighted by Crippen LogP contribution is 2.10. The zero-order chi connectivity index (χ0) is 20.4. The first-order chi connectivity index (χ1) is 13.5. The summed E-state index contributed by atoms with van der Waals surface area (Å²) in [5, 5.41) is 5.60. The number of pyridine rings is 1. The number of carbonyl (C=O) groups excluding carboxylic acids is 3. The summed E-state index contributed by atoms with van der Waals surface area (Å²) in [6, 6.07) is 10.8. The SMILES string of the molecule is CSCC[C@@H](NC(=O)c1ccccc1)C(=O)OCC(=O)Nc1ccc(Cl)cn1. The van der Waals surface area contributed by atoms with Crippen molar-refractivity contribution >= 4 is 47.0 Å². The average molecular weight is 422 g/mol. The molecule has 1 heterocycles. The maximum atomic E-state index is 12.4. The summed E-state index contributed by atoms with van der Waals surface area (Å²) in [6.45, 7) is -0.486. The molecule has 1 atom stereocenters. The number of aromatic nitrogens is 1. The fraction of sp³-hybridized carbons (Fsp3) is 0.263. The molecule has 0 saturated heterocycles. The van der Waals surface area contributed by atoms with Gasteiger partial charge in [-0.1, -0.05) is 29.8 Å². The lowest BCUT2D eigenvalue weighted by atomic mass is 10.1. The largest absolute Gasteiger partial charge is 0.454 e. The minimum absolute atomic E-state index is 0.293. The Hall–Kier alpha value is -2.58. The highest BCUT2D eigenvalue weighted by atomic mass is 35.5. The second-order valence-electron chi connectivity index (χ2n) is 5.69. The lowest BCUT2D eigenvalue weighted by Crippen LogP contribution is -2.43. The maximum absolute atomic E-state index is 12.4. The Labute approximate surface area is 172 Å². The minimum atomic E-state index is -0.846. The number of amides is 2. The number of esters is 1. The Morgan fingerprint density at radius 1 is 1.18 bits per heavy atom. The van der Waals surface area contributed by atoms with Crippen molar-refractivity contribution < 1.29 is 19.1 Å². The number of carbonyl (C=O) groups is 3. The predicted octanol–water partition coefficient (Wildman–Crippen LogP) is 2.77. The number of thioether (sulfide) groups is 1. The summed E-state index contributed by atoms with van der Waals surface area (Å²) in [5.74, 6) is -0.644. The summed E-state index contributed by atoms with van der Waals surface area (Å²) in [7, 11) is 0. The van der Waals surface area contributed by atoms with Crippen molar-refractivity contribution in [3.05, 3.63) is 59.2 Å². The second-order valence-corrected chi connectivity index (χ2v) is 7.11. The predicted molar refractivity (Wildman–Crippen MR) is 110 cm³/mol. The average Bonchev–Trinajstić information content (AvgIpc) is 2.71. The maximum Gasteiger partial charge on any atom is 0.329 e. The van der Waals surface area contributed by atoms with E-state index in [-0.39, 0.29) is 5.91 Å². The summed E-state index contributed by atoms with van der Waals surface area (Å²) in [5.41, 5.74) is 0.441. The van der Waals surface area contributed by atoms with Gasteiger partial charge in [-0.3, -0.25) is 9.59 Å². The van der Waals surface area contributed by atoms with Gasteiger partial charge in [0.15, 0.2) is 6.61 Å². The van der Waals surface area contributed by atoms with Crippen molar-refractivity contribution in [2.24, 2.45) is 0 Å². The zero-order valence-electron chi connectivity index (χ0n) is 15.2. The standard InChI is InChI=1S/C19H20ClN3O4S/c1-28-10-9-15(22-18(25)13-5-3-2-4-6-13)19(26)27-12-17(24)23-16-8-7-14(20)11-21-16/h2-8,11,15H,9-10,12H2,1H3,(H,22,25)(H,21,23,24)/t15-/m1/s1. The topological polar surface area (TPSA) is 97.4 Å². The van der Waals surface area contributed by atoms with Gasteiger partial charge in [0.2, 0.25) is 0 Å². The highest BCUT2D eigenvalue weighted by molar-refractivity contribution is 7.98. The van der Waals surface area contributed by atoms with Gasteiger partial charge < -0.3 is 15.4 Å². The van der Waals surface area contributed by atoms with Gasteiger partial charge in [0.1, 0.15) is 11.9 Å². The number of anilines is 1. The van der Waals surface area contributed by atoms with Gasteiger partial charge in [-0.15, -0.1) is 0 Å². The molecular weight excluding hydrogens is 402 g/mol. The summed E-state index contributed by atoms with van der Waals surface area (Å²) in [4.78, 5) is 40.5. The third-order valence-electron chi connectivity index (χ3n) is 3.58. The molecule has 0 radical (unpaired) electrons. The zero-order valence-corrected chi connectivity index (χ0v) is 16.8. The number of benzene rings is 1. The Morgan fingerprint density at radius 2 is 1.93 bits per heavy atom. The minimum Gasteiger partial charge on any atom is -0.454 e. The van der Waals surface area contributed by atoms with Gasteiger partial charge in [-0.25, -0.2) is 9.78 Å². The quantitative estimate of drug-likeness (QED) is 0.604. The number of ether oxygens (including phenoxy) is 1. The molecule has 1 aromatic carbocycles. The molecule has 0 bridgehead atoms. The lowest BCUT2D eigenvalue weighted by molar-refractivity contribution is -0.149. The number of nitrogens with one attached hydrogen (secondary N) is 2. The van der Waals surface area contributed by atoms with E-state index in [0.717, 1.165) is 0 Å². The van der Waals surface area contributed by atoms with Crippen LogP contribution < -0.4 is 10.6 Å². The van der Waals surface area contributed by atoms with Crippen LogP contribution in [0.4, 0.5) is 5.82 Å². The van der Waals surface area contributed by atoms with Gasteiger partial charge in [0, 0.05) is 11.8 Å². The molecule has 2 amide bonds. The molecule has 0 spiro atoms. The van der Waals surface area contributed by atoms with Crippen LogP contribution in [0.5, 0.6) is 0 Å². The third kappa shape index (κ3) is 7.21. The van der Waals surface area contributed by atoms with E-state index in [1.165, 1.54) is 12.3 Å². The van der Waals surface area contributed by atoms with E-state index in [9.17, 15) is 14.4 Å². The Bertz CT molecular complexity index is 803. The summed E-state index contributed by atoms with van der Waals surface area (Å²) >= 11 is 7.27. The normalized spacial score (nSPS) is 11.4. The lowest BCUT2D eigenvalue weighted by Gasteiger charge is -2.17. The van der Waals surface area contributed by atoms with Gasteiger partial charge >= 0.3 is 5.97 Å². The number of hydrogen-bond donors (Lipinski definition) is 2. The Balaban J connectivity index is 1.89. The molecule has 0 saturated carbocycles. The third-order valence-corrected chi connectivity index (χ3v) is 4.44. The van der Waals surface area contributed by atoms with E-state index >= 15 is 0 Å². The fourth-order valence-electron chi connectivity index (χ4n) is 2.18. The van der Waals surface area contributed by atoms with Crippen molar-refractivity contribution in [3.63, 3.8) is 0 Å². The summed E-state index contributed by atoms with van der Waals surface area (Å²) < 4.78 is 5.07. The molecular formula is C19H20ClN3O4S. The summed E-state index contributed by atoms with van der Waals surface area (Å²) in [6.07, 6.45) is 3.67. The van der Waals surface area contributed by atoms with Crippen LogP contribution in [0.3, 0.4) is 0 Å². The van der Waals surface area contributed by atoms with E-state index < -0.39 is 24.5 Å². The van der Waals surface area contributed by atoms with Crippen LogP contribution in [0, 0.1) is 0 Å². The first kappa shape index (κ1) is 21.7. The first-order valence-electron chi connectivity index (χ1n) is 8.42. The molecule has 0 aliphatic carbocycles. The van der Waals surface area contributed by atoms with Crippen molar-refractivity contribution in [1.82, 2.24) is 10.3 Å². The molecule has 2 N–H and O–H groups in total. The molecule has 0 aliphatic rings. The van der Waals surface area contributed by atoms with Crippen molar-refractivity contribution in [3.8, 4) is 0 Å². The van der Waals surface area contributed by atoms with Crippen LogP contribution in [0.25, 0.3) is 0 Å². The van der Waals surface area contributed by atoms with Crippen LogP contribution >= 0.6 is 23.4 Å². The monoisotopic (exact) mass is 421 g/mol. The van der Waals surface area contributed by atoms with Crippen molar-refractivity contribution in [2.75, 3.05) is 23.9 Å². The molecule has 0 unspecified atom stereocenters. The van der Waals surface area contributed by atoms with E-state index in [2.05, 4.69) is 15.6 Å². The van der Waals surface area contributed by atoms with Crippen LogP contribution in [0.1, 0.15) is 16.8 Å². The fourth-order valence-corrected chi connectivity index (χ4v) is 2.76. The van der Waals surface area contributed by atoms with Gasteiger partial charge in [0.05, 0.1) is 5.02 Å². The van der Waals surface area contributed by atoms with Crippen LogP contribution in [0.15, 0.2) is 48.7 Å². The van der Waals surface area contributed by atoms with Gasteiger partial charge in [-0.2, -0.15) is 11.8 Å². The molecule has 7 nitrogen and oxygen atoms in total. The van der Waals surface area contributed by atoms with Crippen LogP contribution in [-0.2, 0) is 14.3 Å². The number of nitrogens with zero attached hydrogens (tertiary/aromatic N) is 1. The van der Waals surface area contributed by atoms with E-state index in [1.807, 2.05) is 6.26 Å². The molecule has 0 fully saturated rings. The van der Waals surface area contributed by atoms with Gasteiger partial charge in [0.25, 0.3) is 11.8 Å². The van der Waals surface area contributed by atoms with Crippen LogP contribution in [0.2, 0.25) is 5.02 Å². The Kier molecular flexibility index (Phi) is 8.77. The highest BCUT2D eigenvalue weighted by Gasteiger charge is 2.23. The number of rotatable bonds is 9. The molecule has 9 heteroatoms. The Morgan fingerprint density at radius 3 is 2.57 bits per heavy atom. The van der Waals surface area contributed by atoms with Gasteiger partial charge in [-0.05, 0) is 42.7 Å². The number of hydrogen-bond acceptors (Lipinski definition) is 6. The smallest absolute Gasteiger partial charge is 0.329 e. The molecule has 28 heavy (non-hydrogen) atoms. The second kappa shape index (κ2) is 11.3. The molecule has 2 aromatic rings. The molecule has 148 valence electrons.